The van der Waals surface area contributed by atoms with Crippen LogP contribution in [0.3, 0.4) is 0 Å². The quantitative estimate of drug-likeness (QED) is 0.807. The van der Waals surface area contributed by atoms with Crippen LogP contribution in [0.2, 0.25) is 0 Å². The molecule has 1 aliphatic heterocycles. The second-order valence-electron chi connectivity index (χ2n) is 5.60. The molecule has 0 spiro atoms. The van der Waals surface area contributed by atoms with Crippen molar-refractivity contribution in [3.05, 3.63) is 60.2 Å². The van der Waals surface area contributed by atoms with Gasteiger partial charge in [0, 0.05) is 22.7 Å². The zero-order valence-corrected chi connectivity index (χ0v) is 12.7. The molecule has 0 bridgehead atoms. The summed E-state index contributed by atoms with van der Waals surface area (Å²) in [5.41, 5.74) is 2.91. The number of aliphatic imine (C=N–C) groups is 1. The number of rotatable bonds is 3. The molecule has 1 aliphatic rings. The van der Waals surface area contributed by atoms with Gasteiger partial charge < -0.3 is 9.84 Å². The van der Waals surface area contributed by atoms with Crippen molar-refractivity contribution in [1.29, 1.82) is 0 Å². The van der Waals surface area contributed by atoms with Crippen LogP contribution in [0.4, 0.5) is 0 Å². The van der Waals surface area contributed by atoms with Crippen LogP contribution in [0.5, 0.6) is 0 Å². The standard InChI is InChI=1S/C18H16N4O/c1-12-11-19-16(20-12)13-7-9-14(10-8-13)17-21-18(23-22-17)15-5-3-2-4-6-15/h2-10,12H,11H2,1H3,(H,19,20). The molecule has 114 valence electrons. The summed E-state index contributed by atoms with van der Waals surface area (Å²) in [4.78, 5) is 8.96. The minimum atomic E-state index is 0.398. The summed E-state index contributed by atoms with van der Waals surface area (Å²) in [5.74, 6) is 2.06. The Morgan fingerprint density at radius 2 is 1.70 bits per heavy atom. The number of aromatic nitrogens is 2. The monoisotopic (exact) mass is 304 g/mol. The summed E-state index contributed by atoms with van der Waals surface area (Å²) >= 11 is 0. The second kappa shape index (κ2) is 5.68. The first kappa shape index (κ1) is 13.7. The van der Waals surface area contributed by atoms with Gasteiger partial charge in [0.25, 0.3) is 5.89 Å². The molecular weight excluding hydrogens is 288 g/mol. The van der Waals surface area contributed by atoms with Crippen molar-refractivity contribution in [2.24, 2.45) is 4.99 Å². The first-order valence-electron chi connectivity index (χ1n) is 7.60. The van der Waals surface area contributed by atoms with Crippen LogP contribution in [-0.2, 0) is 0 Å². The van der Waals surface area contributed by atoms with Crippen LogP contribution in [0.25, 0.3) is 22.8 Å². The Hall–Kier alpha value is -2.95. The fraction of sp³-hybridized carbons (Fsp3) is 0.167. The summed E-state index contributed by atoms with van der Waals surface area (Å²) < 4.78 is 5.35. The zero-order valence-electron chi connectivity index (χ0n) is 12.7. The van der Waals surface area contributed by atoms with E-state index >= 15 is 0 Å². The van der Waals surface area contributed by atoms with Gasteiger partial charge in [0.2, 0.25) is 5.82 Å². The normalized spacial score (nSPS) is 16.9. The van der Waals surface area contributed by atoms with Gasteiger partial charge in [-0.05, 0) is 19.1 Å². The van der Waals surface area contributed by atoms with Crippen molar-refractivity contribution in [2.75, 3.05) is 6.54 Å². The van der Waals surface area contributed by atoms with Crippen LogP contribution in [0.15, 0.2) is 64.1 Å². The average molecular weight is 304 g/mol. The third-order valence-electron chi connectivity index (χ3n) is 3.77. The highest BCUT2D eigenvalue weighted by molar-refractivity contribution is 6.00. The van der Waals surface area contributed by atoms with Crippen LogP contribution < -0.4 is 5.32 Å². The molecular formula is C18H16N4O. The molecule has 0 aliphatic carbocycles. The van der Waals surface area contributed by atoms with E-state index in [0.717, 1.165) is 29.1 Å². The van der Waals surface area contributed by atoms with E-state index in [1.165, 1.54) is 0 Å². The molecule has 1 unspecified atom stereocenters. The van der Waals surface area contributed by atoms with E-state index in [1.807, 2.05) is 54.6 Å². The highest BCUT2D eigenvalue weighted by atomic mass is 16.5. The molecule has 0 amide bonds. The Kier molecular flexibility index (Phi) is 3.38. The third kappa shape index (κ3) is 2.73. The Morgan fingerprint density at radius 1 is 0.957 bits per heavy atom. The lowest BCUT2D eigenvalue weighted by molar-refractivity contribution is 0.432. The number of benzene rings is 2. The smallest absolute Gasteiger partial charge is 0.258 e. The maximum atomic E-state index is 5.35. The molecule has 1 atom stereocenters. The van der Waals surface area contributed by atoms with Gasteiger partial charge in [-0.2, -0.15) is 4.98 Å². The van der Waals surface area contributed by atoms with Crippen LogP contribution >= 0.6 is 0 Å². The molecule has 0 radical (unpaired) electrons. The maximum Gasteiger partial charge on any atom is 0.258 e. The van der Waals surface area contributed by atoms with Gasteiger partial charge in [0.15, 0.2) is 0 Å². The van der Waals surface area contributed by atoms with Crippen molar-refractivity contribution < 1.29 is 4.52 Å². The summed E-state index contributed by atoms with van der Waals surface area (Å²) in [5, 5.41) is 7.43. The predicted octanol–water partition coefficient (Wildman–Crippen LogP) is 3.14. The highest BCUT2D eigenvalue weighted by Crippen LogP contribution is 2.22. The molecule has 5 heteroatoms. The van der Waals surface area contributed by atoms with Gasteiger partial charge in [-0.25, -0.2) is 0 Å². The van der Waals surface area contributed by atoms with Gasteiger partial charge >= 0.3 is 0 Å². The second-order valence-corrected chi connectivity index (χ2v) is 5.60. The molecule has 1 N–H and O–H groups in total. The van der Waals surface area contributed by atoms with Crippen molar-refractivity contribution in [1.82, 2.24) is 15.5 Å². The first-order valence-corrected chi connectivity index (χ1v) is 7.60. The van der Waals surface area contributed by atoms with Gasteiger partial charge in [-0.3, -0.25) is 4.99 Å². The Balaban J connectivity index is 1.58. The number of nitrogens with one attached hydrogen (secondary N) is 1. The molecule has 2 heterocycles. The molecule has 3 aromatic rings. The minimum absolute atomic E-state index is 0.398. The summed E-state index contributed by atoms with van der Waals surface area (Å²) in [6.45, 7) is 2.94. The SMILES string of the molecule is CC1CN=C(c2ccc(-c3noc(-c4ccccc4)n3)cc2)N1. The van der Waals surface area contributed by atoms with Crippen molar-refractivity contribution >= 4 is 5.84 Å². The molecule has 4 rings (SSSR count). The number of amidine groups is 1. The molecule has 23 heavy (non-hydrogen) atoms. The highest BCUT2D eigenvalue weighted by Gasteiger charge is 2.15. The summed E-state index contributed by atoms with van der Waals surface area (Å²) in [6.07, 6.45) is 0. The van der Waals surface area contributed by atoms with Gasteiger partial charge in [0.1, 0.15) is 5.84 Å². The Labute approximate surface area is 134 Å². The van der Waals surface area contributed by atoms with E-state index in [0.29, 0.717) is 17.8 Å². The fourth-order valence-electron chi connectivity index (χ4n) is 2.54. The number of hydrogen-bond donors (Lipinski definition) is 1. The maximum absolute atomic E-state index is 5.35. The lowest BCUT2D eigenvalue weighted by Gasteiger charge is -2.06. The van der Waals surface area contributed by atoms with Crippen molar-refractivity contribution in [2.45, 2.75) is 13.0 Å². The largest absolute Gasteiger partial charge is 0.366 e. The van der Waals surface area contributed by atoms with E-state index in [1.54, 1.807) is 0 Å². The van der Waals surface area contributed by atoms with E-state index in [-0.39, 0.29) is 0 Å². The van der Waals surface area contributed by atoms with Crippen LogP contribution in [0, 0.1) is 0 Å². The molecule has 0 saturated carbocycles. The zero-order chi connectivity index (χ0) is 15.6. The predicted molar refractivity (Wildman–Crippen MR) is 89.2 cm³/mol. The summed E-state index contributed by atoms with van der Waals surface area (Å²) in [7, 11) is 0. The van der Waals surface area contributed by atoms with E-state index in [4.69, 9.17) is 4.52 Å². The number of nitrogens with zero attached hydrogens (tertiary/aromatic N) is 3. The average Bonchev–Trinajstić information content (AvgIpc) is 3.25. The van der Waals surface area contributed by atoms with Crippen molar-refractivity contribution in [3.8, 4) is 22.8 Å². The van der Waals surface area contributed by atoms with Gasteiger partial charge in [0.05, 0.1) is 6.54 Å². The number of hydrogen-bond acceptors (Lipinski definition) is 5. The van der Waals surface area contributed by atoms with Gasteiger partial charge in [-0.15, -0.1) is 0 Å². The van der Waals surface area contributed by atoms with E-state index < -0.39 is 0 Å². The van der Waals surface area contributed by atoms with Crippen molar-refractivity contribution in [3.63, 3.8) is 0 Å². The third-order valence-corrected chi connectivity index (χ3v) is 3.77. The lowest BCUT2D eigenvalue weighted by Crippen LogP contribution is -2.27. The Bertz CT molecular complexity index is 837. The minimum Gasteiger partial charge on any atom is -0.366 e. The molecule has 2 aromatic carbocycles. The molecule has 0 fully saturated rings. The van der Waals surface area contributed by atoms with Crippen LogP contribution in [0.1, 0.15) is 12.5 Å². The topological polar surface area (TPSA) is 63.3 Å². The molecule has 5 nitrogen and oxygen atoms in total. The Morgan fingerprint density at radius 3 is 2.39 bits per heavy atom. The fourth-order valence-corrected chi connectivity index (χ4v) is 2.54. The van der Waals surface area contributed by atoms with E-state index in [9.17, 15) is 0 Å². The van der Waals surface area contributed by atoms with Gasteiger partial charge in [-0.1, -0.05) is 47.6 Å². The first-order chi connectivity index (χ1) is 11.3. The lowest BCUT2D eigenvalue weighted by atomic mass is 10.1. The molecule has 1 aromatic heterocycles. The summed E-state index contributed by atoms with van der Waals surface area (Å²) in [6, 6.07) is 18.2. The molecule has 0 saturated heterocycles. The van der Waals surface area contributed by atoms with Crippen LogP contribution in [-0.4, -0.2) is 28.6 Å². The van der Waals surface area contributed by atoms with E-state index in [2.05, 4.69) is 27.4 Å².